The minimum absolute atomic E-state index is 0.0263. The van der Waals surface area contributed by atoms with Crippen LogP contribution in [0.1, 0.15) is 52.4 Å². The summed E-state index contributed by atoms with van der Waals surface area (Å²) >= 11 is 0. The van der Waals surface area contributed by atoms with Crippen LogP contribution in [0, 0.1) is 5.41 Å². The third-order valence-corrected chi connectivity index (χ3v) is 4.37. The number of aliphatic hydroxyl groups excluding tert-OH is 1. The highest BCUT2D eigenvalue weighted by Gasteiger charge is 2.26. The van der Waals surface area contributed by atoms with Gasteiger partial charge in [0.25, 0.3) is 0 Å². The first-order chi connectivity index (χ1) is 9.15. The molecule has 0 aliphatic heterocycles. The summed E-state index contributed by atoms with van der Waals surface area (Å²) in [6.07, 6.45) is 9.96. The minimum atomic E-state index is -0.0792. The third kappa shape index (κ3) is 5.23. The molecule has 3 N–H and O–H groups in total. The Kier molecular flexibility index (Phi) is 6.92. The molecule has 0 saturated carbocycles. The average molecular weight is 268 g/mol. The molecule has 1 atom stereocenters. The van der Waals surface area contributed by atoms with Crippen LogP contribution < -0.4 is 10.6 Å². The Balaban J connectivity index is 2.36. The number of hydrogen-bond donors (Lipinski definition) is 3. The van der Waals surface area contributed by atoms with Gasteiger partial charge in [-0.15, -0.1) is 0 Å². The van der Waals surface area contributed by atoms with Gasteiger partial charge in [-0.1, -0.05) is 26.0 Å². The van der Waals surface area contributed by atoms with Crippen molar-refractivity contribution in [3.8, 4) is 0 Å². The zero-order valence-corrected chi connectivity index (χ0v) is 12.2. The summed E-state index contributed by atoms with van der Waals surface area (Å²) in [4.78, 5) is 11.9. The first kappa shape index (κ1) is 16.0. The fourth-order valence-corrected chi connectivity index (χ4v) is 2.61. The molecule has 19 heavy (non-hydrogen) atoms. The summed E-state index contributed by atoms with van der Waals surface area (Å²) in [5, 5.41) is 15.1. The van der Waals surface area contributed by atoms with Gasteiger partial charge in [0.05, 0.1) is 0 Å². The van der Waals surface area contributed by atoms with Crippen LogP contribution in [0.2, 0.25) is 0 Å². The van der Waals surface area contributed by atoms with E-state index in [1.165, 1.54) is 0 Å². The van der Waals surface area contributed by atoms with Gasteiger partial charge in [-0.25, -0.2) is 4.79 Å². The lowest BCUT2D eigenvalue weighted by Crippen LogP contribution is -2.46. The molecule has 110 valence electrons. The predicted molar refractivity (Wildman–Crippen MR) is 78.0 cm³/mol. The van der Waals surface area contributed by atoms with Crippen molar-refractivity contribution < 1.29 is 9.90 Å². The summed E-state index contributed by atoms with van der Waals surface area (Å²) in [6, 6.07) is 0.185. The molecule has 1 aliphatic carbocycles. The second kappa shape index (κ2) is 8.20. The van der Waals surface area contributed by atoms with Crippen LogP contribution in [0.3, 0.4) is 0 Å². The summed E-state index contributed by atoms with van der Waals surface area (Å²) in [5.74, 6) is 0. The largest absolute Gasteiger partial charge is 0.396 e. The zero-order valence-electron chi connectivity index (χ0n) is 12.2. The number of aliphatic hydroxyl groups is 1. The maximum absolute atomic E-state index is 11.9. The van der Waals surface area contributed by atoms with Gasteiger partial charge in [0.1, 0.15) is 0 Å². The van der Waals surface area contributed by atoms with Crippen molar-refractivity contribution in [3.63, 3.8) is 0 Å². The number of rotatable bonds is 7. The monoisotopic (exact) mass is 268 g/mol. The van der Waals surface area contributed by atoms with E-state index in [0.717, 1.165) is 38.5 Å². The van der Waals surface area contributed by atoms with E-state index in [-0.39, 0.29) is 24.1 Å². The molecule has 0 aromatic carbocycles. The van der Waals surface area contributed by atoms with Crippen molar-refractivity contribution in [2.24, 2.45) is 5.41 Å². The van der Waals surface area contributed by atoms with E-state index in [9.17, 15) is 4.79 Å². The molecule has 0 bridgehead atoms. The van der Waals surface area contributed by atoms with Crippen molar-refractivity contribution in [1.82, 2.24) is 10.6 Å². The number of carbonyl (C=O) groups excluding carboxylic acids is 1. The lowest BCUT2D eigenvalue weighted by atomic mass is 9.79. The molecule has 1 aliphatic rings. The fourth-order valence-electron chi connectivity index (χ4n) is 2.61. The average Bonchev–Trinajstić information content (AvgIpc) is 2.45. The highest BCUT2D eigenvalue weighted by molar-refractivity contribution is 5.74. The molecule has 0 spiro atoms. The summed E-state index contributed by atoms with van der Waals surface area (Å²) < 4.78 is 0. The Labute approximate surface area is 116 Å². The third-order valence-electron chi connectivity index (χ3n) is 4.37. The first-order valence-electron chi connectivity index (χ1n) is 7.46. The van der Waals surface area contributed by atoms with Crippen LogP contribution in [-0.2, 0) is 0 Å². The molecule has 0 aromatic rings. The zero-order chi connectivity index (χ0) is 14.1. The summed E-state index contributed by atoms with van der Waals surface area (Å²) in [7, 11) is 0. The van der Waals surface area contributed by atoms with Crippen molar-refractivity contribution in [3.05, 3.63) is 12.2 Å². The van der Waals surface area contributed by atoms with Crippen LogP contribution in [0.15, 0.2) is 12.2 Å². The molecule has 2 amide bonds. The van der Waals surface area contributed by atoms with Crippen LogP contribution >= 0.6 is 0 Å². The topological polar surface area (TPSA) is 61.4 Å². The first-order valence-corrected chi connectivity index (χ1v) is 7.46. The molecular weight excluding hydrogens is 240 g/mol. The maximum Gasteiger partial charge on any atom is 0.315 e. The SMILES string of the molecule is CCC(CC)(CCO)CNC(=O)NC1CC=CCC1. The van der Waals surface area contributed by atoms with E-state index in [4.69, 9.17) is 5.11 Å². The van der Waals surface area contributed by atoms with Gasteiger partial charge in [-0.05, 0) is 43.9 Å². The lowest BCUT2D eigenvalue weighted by Gasteiger charge is -2.31. The second-order valence-corrected chi connectivity index (χ2v) is 5.49. The molecule has 1 unspecified atom stereocenters. The second-order valence-electron chi connectivity index (χ2n) is 5.49. The van der Waals surface area contributed by atoms with E-state index >= 15 is 0 Å². The van der Waals surface area contributed by atoms with Crippen LogP contribution in [-0.4, -0.2) is 30.3 Å². The molecule has 4 heteroatoms. The summed E-state index contributed by atoms with van der Waals surface area (Å²) in [6.45, 7) is 5.04. The fraction of sp³-hybridized carbons (Fsp3) is 0.800. The Morgan fingerprint density at radius 3 is 2.63 bits per heavy atom. The number of urea groups is 1. The van der Waals surface area contributed by atoms with Gasteiger partial charge in [0.2, 0.25) is 0 Å². The van der Waals surface area contributed by atoms with E-state index < -0.39 is 0 Å². The molecule has 0 saturated heterocycles. The molecular formula is C15H28N2O2. The van der Waals surface area contributed by atoms with Crippen molar-refractivity contribution in [2.45, 2.75) is 58.4 Å². The Bertz CT molecular complexity index is 299. The Morgan fingerprint density at radius 2 is 2.11 bits per heavy atom. The Hall–Kier alpha value is -1.03. The number of hydrogen-bond acceptors (Lipinski definition) is 2. The van der Waals surface area contributed by atoms with E-state index in [1.54, 1.807) is 0 Å². The van der Waals surface area contributed by atoms with Crippen LogP contribution in [0.5, 0.6) is 0 Å². The van der Waals surface area contributed by atoms with Crippen molar-refractivity contribution in [2.75, 3.05) is 13.2 Å². The standard InChI is InChI=1S/C15H28N2O2/c1-3-15(4-2,10-11-18)12-16-14(19)17-13-8-6-5-7-9-13/h5-6,13,18H,3-4,7-12H2,1-2H3,(H2,16,17,19). The highest BCUT2D eigenvalue weighted by atomic mass is 16.3. The van der Waals surface area contributed by atoms with Gasteiger partial charge in [-0.3, -0.25) is 0 Å². The van der Waals surface area contributed by atoms with Gasteiger partial charge >= 0.3 is 6.03 Å². The maximum atomic E-state index is 11.9. The van der Waals surface area contributed by atoms with Gasteiger partial charge < -0.3 is 15.7 Å². The lowest BCUT2D eigenvalue weighted by molar-refractivity contribution is 0.162. The molecule has 0 fully saturated rings. The van der Waals surface area contributed by atoms with E-state index in [2.05, 4.69) is 36.6 Å². The molecule has 0 heterocycles. The summed E-state index contributed by atoms with van der Waals surface area (Å²) in [5.41, 5.74) is 0.0263. The number of allylic oxidation sites excluding steroid dienone is 1. The number of carbonyl (C=O) groups is 1. The molecule has 1 rings (SSSR count). The highest BCUT2D eigenvalue weighted by Crippen LogP contribution is 2.29. The smallest absolute Gasteiger partial charge is 0.315 e. The predicted octanol–water partition coefficient (Wildman–Crippen LogP) is 2.58. The molecule has 4 nitrogen and oxygen atoms in total. The van der Waals surface area contributed by atoms with E-state index in [1.807, 2.05) is 0 Å². The number of amides is 2. The van der Waals surface area contributed by atoms with Gasteiger partial charge in [0, 0.05) is 19.2 Å². The minimum Gasteiger partial charge on any atom is -0.396 e. The van der Waals surface area contributed by atoms with Crippen molar-refractivity contribution in [1.29, 1.82) is 0 Å². The molecule has 0 aromatic heterocycles. The van der Waals surface area contributed by atoms with Crippen LogP contribution in [0.4, 0.5) is 4.79 Å². The van der Waals surface area contributed by atoms with Crippen molar-refractivity contribution >= 4 is 6.03 Å². The normalized spacial score (nSPS) is 19.2. The van der Waals surface area contributed by atoms with Crippen LogP contribution in [0.25, 0.3) is 0 Å². The van der Waals surface area contributed by atoms with Gasteiger partial charge in [0.15, 0.2) is 0 Å². The molecule has 0 radical (unpaired) electrons. The Morgan fingerprint density at radius 1 is 1.37 bits per heavy atom. The van der Waals surface area contributed by atoms with E-state index in [0.29, 0.717) is 6.54 Å². The van der Waals surface area contributed by atoms with Gasteiger partial charge in [-0.2, -0.15) is 0 Å². The number of nitrogens with one attached hydrogen (secondary N) is 2. The quantitative estimate of drug-likeness (QED) is 0.621.